The molecule has 0 unspecified atom stereocenters. The van der Waals surface area contributed by atoms with Crippen LogP contribution in [0.1, 0.15) is 11.3 Å². The molecule has 0 aliphatic heterocycles. The van der Waals surface area contributed by atoms with E-state index >= 15 is 0 Å². The van der Waals surface area contributed by atoms with Gasteiger partial charge in [-0.3, -0.25) is 14.6 Å². The van der Waals surface area contributed by atoms with Crippen LogP contribution < -0.4 is 16.2 Å². The average Bonchev–Trinajstić information content (AvgIpc) is 2.69. The molecular formula is C19H18ClN5O2. The van der Waals surface area contributed by atoms with E-state index in [1.807, 2.05) is 42.5 Å². The second-order valence-electron chi connectivity index (χ2n) is 5.78. The molecule has 1 aromatic carbocycles. The number of anilines is 1. The van der Waals surface area contributed by atoms with Crippen LogP contribution in [0.25, 0.3) is 0 Å². The summed E-state index contributed by atoms with van der Waals surface area (Å²) in [5, 5.41) is 5.65. The van der Waals surface area contributed by atoms with Crippen LogP contribution in [0, 0.1) is 0 Å². The lowest BCUT2D eigenvalue weighted by Gasteiger charge is -2.10. The van der Waals surface area contributed by atoms with Crippen molar-refractivity contribution in [2.24, 2.45) is 0 Å². The summed E-state index contributed by atoms with van der Waals surface area (Å²) in [6.07, 6.45) is 3.13. The molecular weight excluding hydrogens is 366 g/mol. The molecule has 2 aromatic heterocycles. The SMILES string of the molecule is O=C(CNc1nc(Cl)cn(Cc2ccccc2)c1=O)NCc1ccccn1. The summed E-state index contributed by atoms with van der Waals surface area (Å²) in [7, 11) is 0. The van der Waals surface area contributed by atoms with Gasteiger partial charge in [0.1, 0.15) is 5.15 Å². The zero-order valence-electron chi connectivity index (χ0n) is 14.4. The summed E-state index contributed by atoms with van der Waals surface area (Å²) in [5.41, 5.74) is 1.36. The van der Waals surface area contributed by atoms with Crippen LogP contribution in [-0.2, 0) is 17.9 Å². The molecule has 0 aliphatic carbocycles. The maximum Gasteiger partial charge on any atom is 0.293 e. The third-order valence-electron chi connectivity index (χ3n) is 3.75. The molecule has 0 radical (unpaired) electrons. The number of carbonyl (C=O) groups excluding carboxylic acids is 1. The van der Waals surface area contributed by atoms with E-state index in [9.17, 15) is 9.59 Å². The monoisotopic (exact) mass is 383 g/mol. The molecule has 0 aliphatic rings. The van der Waals surface area contributed by atoms with E-state index in [1.165, 1.54) is 10.8 Å². The van der Waals surface area contributed by atoms with Crippen molar-refractivity contribution < 1.29 is 4.79 Å². The number of pyridine rings is 1. The van der Waals surface area contributed by atoms with Gasteiger partial charge in [0.05, 0.1) is 25.3 Å². The first-order chi connectivity index (χ1) is 13.1. The highest BCUT2D eigenvalue weighted by Gasteiger charge is 2.10. The second kappa shape index (κ2) is 8.95. The van der Waals surface area contributed by atoms with E-state index < -0.39 is 0 Å². The van der Waals surface area contributed by atoms with E-state index in [4.69, 9.17) is 11.6 Å². The van der Waals surface area contributed by atoms with Crippen molar-refractivity contribution in [3.05, 3.63) is 87.7 Å². The van der Waals surface area contributed by atoms with E-state index in [2.05, 4.69) is 20.6 Å². The molecule has 1 amide bonds. The fourth-order valence-electron chi connectivity index (χ4n) is 2.44. The van der Waals surface area contributed by atoms with Gasteiger partial charge in [-0.2, -0.15) is 0 Å². The molecule has 2 N–H and O–H groups in total. The lowest BCUT2D eigenvalue weighted by molar-refractivity contribution is -0.119. The van der Waals surface area contributed by atoms with Crippen molar-refractivity contribution in [3.63, 3.8) is 0 Å². The smallest absolute Gasteiger partial charge is 0.293 e. The van der Waals surface area contributed by atoms with Crippen molar-refractivity contribution in [1.82, 2.24) is 19.9 Å². The van der Waals surface area contributed by atoms with Gasteiger partial charge in [-0.25, -0.2) is 4.98 Å². The van der Waals surface area contributed by atoms with E-state index in [0.29, 0.717) is 13.1 Å². The van der Waals surface area contributed by atoms with Gasteiger partial charge in [0, 0.05) is 12.4 Å². The Morgan fingerprint density at radius 3 is 2.63 bits per heavy atom. The highest BCUT2D eigenvalue weighted by molar-refractivity contribution is 6.29. The Hall–Kier alpha value is -3.19. The number of aromatic nitrogens is 3. The number of nitrogens with zero attached hydrogens (tertiary/aromatic N) is 3. The number of rotatable bonds is 7. The summed E-state index contributed by atoms with van der Waals surface area (Å²) in [4.78, 5) is 32.7. The quantitative estimate of drug-likeness (QED) is 0.652. The maximum atomic E-state index is 12.6. The Morgan fingerprint density at radius 1 is 1.11 bits per heavy atom. The fraction of sp³-hybridized carbons (Fsp3) is 0.158. The first-order valence-electron chi connectivity index (χ1n) is 8.33. The molecule has 3 rings (SSSR count). The van der Waals surface area contributed by atoms with Gasteiger partial charge < -0.3 is 15.2 Å². The molecule has 8 heteroatoms. The minimum absolute atomic E-state index is 0.0337. The molecule has 0 saturated heterocycles. The summed E-state index contributed by atoms with van der Waals surface area (Å²) in [6, 6.07) is 15.0. The molecule has 27 heavy (non-hydrogen) atoms. The largest absolute Gasteiger partial charge is 0.356 e. The number of hydrogen-bond donors (Lipinski definition) is 2. The van der Waals surface area contributed by atoms with Gasteiger partial charge >= 0.3 is 0 Å². The molecule has 0 bridgehead atoms. The van der Waals surface area contributed by atoms with Gasteiger partial charge in [-0.15, -0.1) is 0 Å². The normalized spacial score (nSPS) is 10.4. The molecule has 0 atom stereocenters. The standard InChI is InChI=1S/C19H18ClN5O2/c20-16-13-25(12-14-6-2-1-3-7-14)19(27)18(24-16)23-11-17(26)22-10-15-8-4-5-9-21-15/h1-9,13H,10-12H2,(H,22,26)(H,23,24). The molecule has 0 fully saturated rings. The lowest BCUT2D eigenvalue weighted by Crippen LogP contribution is -2.32. The first-order valence-corrected chi connectivity index (χ1v) is 8.71. The van der Waals surface area contributed by atoms with Gasteiger partial charge in [-0.05, 0) is 17.7 Å². The number of amides is 1. The van der Waals surface area contributed by atoms with E-state index in [1.54, 1.807) is 12.3 Å². The zero-order chi connectivity index (χ0) is 19.1. The van der Waals surface area contributed by atoms with Gasteiger partial charge in [0.15, 0.2) is 5.82 Å². The van der Waals surface area contributed by atoms with Crippen molar-refractivity contribution in [2.45, 2.75) is 13.1 Å². The Morgan fingerprint density at radius 2 is 1.89 bits per heavy atom. The van der Waals surface area contributed by atoms with E-state index in [-0.39, 0.29) is 29.0 Å². The Kier molecular flexibility index (Phi) is 6.17. The minimum atomic E-state index is -0.347. The van der Waals surface area contributed by atoms with Crippen molar-refractivity contribution in [3.8, 4) is 0 Å². The predicted molar refractivity (Wildman–Crippen MR) is 104 cm³/mol. The van der Waals surface area contributed by atoms with Crippen LogP contribution in [-0.4, -0.2) is 27.0 Å². The number of halogens is 1. The summed E-state index contributed by atoms with van der Waals surface area (Å²) in [6.45, 7) is 0.575. The van der Waals surface area contributed by atoms with Crippen LogP contribution in [0.15, 0.2) is 65.7 Å². The molecule has 7 nitrogen and oxygen atoms in total. The summed E-state index contributed by atoms with van der Waals surface area (Å²) >= 11 is 6.03. The lowest BCUT2D eigenvalue weighted by atomic mass is 10.2. The van der Waals surface area contributed by atoms with Crippen LogP contribution in [0.3, 0.4) is 0 Å². The van der Waals surface area contributed by atoms with Gasteiger partial charge in [-0.1, -0.05) is 48.0 Å². The molecule has 3 aromatic rings. The summed E-state index contributed by atoms with van der Waals surface area (Å²) < 4.78 is 1.46. The molecule has 2 heterocycles. The van der Waals surface area contributed by atoms with E-state index in [0.717, 1.165) is 11.3 Å². The van der Waals surface area contributed by atoms with Gasteiger partial charge in [0.25, 0.3) is 5.56 Å². The Balaban J connectivity index is 1.62. The minimum Gasteiger partial charge on any atom is -0.356 e. The third-order valence-corrected chi connectivity index (χ3v) is 3.93. The van der Waals surface area contributed by atoms with Crippen LogP contribution in [0.4, 0.5) is 5.82 Å². The number of hydrogen-bond acceptors (Lipinski definition) is 5. The maximum absolute atomic E-state index is 12.6. The Labute approximate surface area is 161 Å². The fourth-order valence-corrected chi connectivity index (χ4v) is 2.64. The second-order valence-corrected chi connectivity index (χ2v) is 6.17. The highest BCUT2D eigenvalue weighted by Crippen LogP contribution is 2.08. The van der Waals surface area contributed by atoms with Crippen LogP contribution in [0.2, 0.25) is 5.15 Å². The average molecular weight is 384 g/mol. The topological polar surface area (TPSA) is 88.9 Å². The Bertz CT molecular complexity index is 961. The summed E-state index contributed by atoms with van der Waals surface area (Å²) in [5.74, 6) is -0.247. The first kappa shape index (κ1) is 18.6. The highest BCUT2D eigenvalue weighted by atomic mass is 35.5. The zero-order valence-corrected chi connectivity index (χ0v) is 15.2. The van der Waals surface area contributed by atoms with Gasteiger partial charge in [0.2, 0.25) is 5.91 Å². The molecule has 0 spiro atoms. The number of carbonyl (C=O) groups is 1. The van der Waals surface area contributed by atoms with Crippen molar-refractivity contribution in [2.75, 3.05) is 11.9 Å². The van der Waals surface area contributed by atoms with Crippen molar-refractivity contribution >= 4 is 23.3 Å². The predicted octanol–water partition coefficient (Wildman–Crippen LogP) is 2.07. The number of nitrogens with one attached hydrogen (secondary N) is 2. The molecule has 138 valence electrons. The number of benzene rings is 1. The third kappa shape index (κ3) is 5.39. The molecule has 0 saturated carbocycles. The van der Waals surface area contributed by atoms with Crippen molar-refractivity contribution in [1.29, 1.82) is 0 Å². The van der Waals surface area contributed by atoms with Crippen LogP contribution >= 0.6 is 11.6 Å². The van der Waals surface area contributed by atoms with Crippen LogP contribution in [0.5, 0.6) is 0 Å².